The fourth-order valence-corrected chi connectivity index (χ4v) is 1.55. The minimum absolute atomic E-state index is 0.353. The smallest absolute Gasteiger partial charge is 0.407 e. The fourth-order valence-electron chi connectivity index (χ4n) is 1.55. The molecule has 0 aromatic rings. The molecule has 19 heavy (non-hydrogen) atoms. The van der Waals surface area contributed by atoms with Crippen molar-refractivity contribution in [1.29, 1.82) is 0 Å². The van der Waals surface area contributed by atoms with E-state index in [1.807, 2.05) is 20.8 Å². The maximum absolute atomic E-state index is 11.4. The molecule has 5 nitrogen and oxygen atoms in total. The monoisotopic (exact) mass is 274 g/mol. The second kappa shape index (κ2) is 9.15. The van der Waals surface area contributed by atoms with Crippen LogP contribution in [0.4, 0.5) is 4.79 Å². The molecule has 2 N–H and O–H groups in total. The van der Waals surface area contributed by atoms with Gasteiger partial charge in [0, 0.05) is 19.7 Å². The maximum atomic E-state index is 11.4. The first-order valence-electron chi connectivity index (χ1n) is 6.95. The average Bonchev–Trinajstić information content (AvgIpc) is 2.24. The summed E-state index contributed by atoms with van der Waals surface area (Å²) in [6, 6.07) is 0.353. The highest BCUT2D eigenvalue weighted by Crippen LogP contribution is 2.06. The molecule has 0 aromatic carbocycles. The lowest BCUT2D eigenvalue weighted by Gasteiger charge is -2.22. The molecule has 0 spiro atoms. The SMILES string of the molecule is COCC(NCCCNC(=O)OC(C)(C)C)C(C)C. The molecule has 1 atom stereocenters. The average molecular weight is 274 g/mol. The van der Waals surface area contributed by atoms with Crippen molar-refractivity contribution in [3.8, 4) is 0 Å². The molecule has 0 saturated carbocycles. The number of nitrogens with one attached hydrogen (secondary N) is 2. The van der Waals surface area contributed by atoms with Crippen LogP contribution in [0.15, 0.2) is 0 Å². The van der Waals surface area contributed by atoms with Gasteiger partial charge in [-0.1, -0.05) is 13.8 Å². The number of methoxy groups -OCH3 is 1. The van der Waals surface area contributed by atoms with Crippen LogP contribution in [0.1, 0.15) is 41.0 Å². The summed E-state index contributed by atoms with van der Waals surface area (Å²) in [5.74, 6) is 0.527. The summed E-state index contributed by atoms with van der Waals surface area (Å²) in [7, 11) is 1.71. The summed E-state index contributed by atoms with van der Waals surface area (Å²) in [4.78, 5) is 11.4. The van der Waals surface area contributed by atoms with E-state index in [4.69, 9.17) is 9.47 Å². The zero-order valence-corrected chi connectivity index (χ0v) is 13.2. The van der Waals surface area contributed by atoms with Crippen LogP contribution in [-0.2, 0) is 9.47 Å². The third-order valence-electron chi connectivity index (χ3n) is 2.58. The molecule has 0 bridgehead atoms. The molecule has 114 valence electrons. The van der Waals surface area contributed by atoms with E-state index in [-0.39, 0.29) is 6.09 Å². The number of alkyl carbamates (subject to hydrolysis) is 1. The van der Waals surface area contributed by atoms with Crippen LogP contribution in [0.3, 0.4) is 0 Å². The van der Waals surface area contributed by atoms with Crippen molar-refractivity contribution in [2.75, 3.05) is 26.8 Å². The van der Waals surface area contributed by atoms with E-state index in [0.717, 1.165) is 13.0 Å². The highest BCUT2D eigenvalue weighted by molar-refractivity contribution is 5.67. The molecule has 1 amide bonds. The van der Waals surface area contributed by atoms with Gasteiger partial charge in [0.1, 0.15) is 5.60 Å². The van der Waals surface area contributed by atoms with Gasteiger partial charge < -0.3 is 20.1 Å². The number of carbonyl (C=O) groups excluding carboxylic acids is 1. The molecule has 0 aromatic heterocycles. The van der Waals surface area contributed by atoms with Crippen LogP contribution in [0.2, 0.25) is 0 Å². The van der Waals surface area contributed by atoms with Crippen LogP contribution >= 0.6 is 0 Å². The van der Waals surface area contributed by atoms with Crippen molar-refractivity contribution >= 4 is 6.09 Å². The second-order valence-electron chi connectivity index (χ2n) is 6.04. The normalized spacial score (nSPS) is 13.4. The zero-order chi connectivity index (χ0) is 14.9. The predicted molar refractivity (Wildman–Crippen MR) is 77.4 cm³/mol. The Morgan fingerprint density at radius 3 is 2.32 bits per heavy atom. The summed E-state index contributed by atoms with van der Waals surface area (Å²) in [6.45, 7) is 12.1. The Kier molecular flexibility index (Phi) is 8.76. The molecule has 0 aliphatic heterocycles. The summed E-state index contributed by atoms with van der Waals surface area (Å²) < 4.78 is 10.3. The van der Waals surface area contributed by atoms with Crippen molar-refractivity contribution in [2.45, 2.75) is 52.7 Å². The Hall–Kier alpha value is -0.810. The minimum Gasteiger partial charge on any atom is -0.444 e. The number of amides is 1. The van der Waals surface area contributed by atoms with Crippen LogP contribution < -0.4 is 10.6 Å². The molecule has 5 heteroatoms. The van der Waals surface area contributed by atoms with Gasteiger partial charge in [-0.15, -0.1) is 0 Å². The summed E-state index contributed by atoms with van der Waals surface area (Å²) in [5, 5.41) is 6.17. The largest absolute Gasteiger partial charge is 0.444 e. The van der Waals surface area contributed by atoms with Crippen molar-refractivity contribution in [3.05, 3.63) is 0 Å². The second-order valence-corrected chi connectivity index (χ2v) is 6.04. The molecule has 0 fully saturated rings. The lowest BCUT2D eigenvalue weighted by molar-refractivity contribution is 0.0527. The third kappa shape index (κ3) is 10.8. The van der Waals surface area contributed by atoms with Crippen molar-refractivity contribution in [1.82, 2.24) is 10.6 Å². The summed E-state index contributed by atoms with van der Waals surface area (Å²) in [5.41, 5.74) is -0.441. The molecule has 0 aliphatic rings. The number of hydrogen-bond donors (Lipinski definition) is 2. The summed E-state index contributed by atoms with van der Waals surface area (Å²) >= 11 is 0. The van der Waals surface area contributed by atoms with Crippen LogP contribution in [0.25, 0.3) is 0 Å². The van der Waals surface area contributed by atoms with Gasteiger partial charge in [0.15, 0.2) is 0 Å². The van der Waals surface area contributed by atoms with Gasteiger partial charge in [0.25, 0.3) is 0 Å². The Morgan fingerprint density at radius 2 is 1.84 bits per heavy atom. The highest BCUT2D eigenvalue weighted by Gasteiger charge is 2.15. The molecule has 0 saturated heterocycles. The van der Waals surface area contributed by atoms with Crippen LogP contribution in [0, 0.1) is 5.92 Å². The molecule has 1 unspecified atom stereocenters. The Morgan fingerprint density at radius 1 is 1.21 bits per heavy atom. The fraction of sp³-hybridized carbons (Fsp3) is 0.929. The highest BCUT2D eigenvalue weighted by atomic mass is 16.6. The summed E-state index contributed by atoms with van der Waals surface area (Å²) in [6.07, 6.45) is 0.511. The number of hydrogen-bond acceptors (Lipinski definition) is 4. The Balaban J connectivity index is 3.66. The predicted octanol–water partition coefficient (Wildman–Crippen LogP) is 2.16. The van der Waals surface area contributed by atoms with Gasteiger partial charge in [-0.2, -0.15) is 0 Å². The number of ether oxygens (including phenoxy) is 2. The molecule has 0 heterocycles. The number of carbonyl (C=O) groups is 1. The van der Waals surface area contributed by atoms with E-state index in [2.05, 4.69) is 24.5 Å². The van der Waals surface area contributed by atoms with E-state index in [1.165, 1.54) is 0 Å². The first kappa shape index (κ1) is 18.2. The Labute approximate surface area is 117 Å². The third-order valence-corrected chi connectivity index (χ3v) is 2.58. The van der Waals surface area contributed by atoms with Crippen LogP contribution in [-0.4, -0.2) is 44.5 Å². The van der Waals surface area contributed by atoms with Gasteiger partial charge in [0.2, 0.25) is 0 Å². The molecular formula is C14H30N2O3. The van der Waals surface area contributed by atoms with E-state index in [1.54, 1.807) is 7.11 Å². The molecule has 0 rings (SSSR count). The standard InChI is InChI=1S/C14H30N2O3/c1-11(2)12(10-18-6)15-8-7-9-16-13(17)19-14(3,4)5/h11-12,15H,7-10H2,1-6H3,(H,16,17). The first-order chi connectivity index (χ1) is 8.76. The molecule has 0 radical (unpaired) electrons. The van der Waals surface area contributed by atoms with Gasteiger partial charge >= 0.3 is 6.09 Å². The van der Waals surface area contributed by atoms with E-state index in [9.17, 15) is 4.79 Å². The van der Waals surface area contributed by atoms with Crippen molar-refractivity contribution in [2.24, 2.45) is 5.92 Å². The zero-order valence-electron chi connectivity index (χ0n) is 13.2. The van der Waals surface area contributed by atoms with Gasteiger partial charge in [0.05, 0.1) is 6.61 Å². The van der Waals surface area contributed by atoms with E-state index < -0.39 is 5.60 Å². The van der Waals surface area contributed by atoms with E-state index >= 15 is 0 Å². The van der Waals surface area contributed by atoms with Gasteiger partial charge in [-0.25, -0.2) is 4.79 Å². The van der Waals surface area contributed by atoms with Crippen LogP contribution in [0.5, 0.6) is 0 Å². The van der Waals surface area contributed by atoms with E-state index in [0.29, 0.717) is 25.1 Å². The lowest BCUT2D eigenvalue weighted by Crippen LogP contribution is -2.39. The lowest BCUT2D eigenvalue weighted by atomic mass is 10.1. The first-order valence-corrected chi connectivity index (χ1v) is 6.95. The van der Waals surface area contributed by atoms with Crippen molar-refractivity contribution in [3.63, 3.8) is 0 Å². The topological polar surface area (TPSA) is 59.6 Å². The van der Waals surface area contributed by atoms with Crippen molar-refractivity contribution < 1.29 is 14.3 Å². The van der Waals surface area contributed by atoms with Gasteiger partial charge in [-0.3, -0.25) is 0 Å². The maximum Gasteiger partial charge on any atom is 0.407 e. The minimum atomic E-state index is -0.441. The molecule has 0 aliphatic carbocycles. The Bertz CT molecular complexity index is 250. The molecular weight excluding hydrogens is 244 g/mol. The number of rotatable bonds is 8. The quantitative estimate of drug-likeness (QED) is 0.666. The van der Waals surface area contributed by atoms with Gasteiger partial charge in [-0.05, 0) is 39.7 Å².